The molecule has 3 aromatic carbocycles. The van der Waals surface area contributed by atoms with Crippen molar-refractivity contribution in [2.45, 2.75) is 12.8 Å². The van der Waals surface area contributed by atoms with E-state index in [0.717, 1.165) is 32.8 Å². The molecule has 1 aromatic heterocycles. The maximum Gasteiger partial charge on any atom is 0.192 e. The normalized spacial score (nSPS) is 10.5. The molecule has 4 rings (SSSR count). The lowest BCUT2D eigenvalue weighted by Gasteiger charge is -2.04. The second kappa shape index (κ2) is 8.17. The first-order valence-electron chi connectivity index (χ1n) is 9.10. The zero-order chi connectivity index (χ0) is 19.3. The van der Waals surface area contributed by atoms with Crippen LogP contribution >= 0.6 is 11.6 Å². The van der Waals surface area contributed by atoms with Crippen molar-refractivity contribution in [3.63, 3.8) is 0 Å². The Labute approximate surface area is 168 Å². The first-order valence-corrected chi connectivity index (χ1v) is 9.48. The monoisotopic (exact) mass is 383 g/mol. The molecule has 0 saturated heterocycles. The molecule has 0 atom stereocenters. The Balaban J connectivity index is 1.61. The molecule has 0 bridgehead atoms. The third-order valence-corrected chi connectivity index (χ3v) is 4.89. The van der Waals surface area contributed by atoms with Crippen LogP contribution in [0.5, 0.6) is 0 Å². The highest BCUT2D eigenvalue weighted by Gasteiger charge is 2.06. The van der Waals surface area contributed by atoms with Gasteiger partial charge in [0, 0.05) is 46.1 Å². The maximum absolute atomic E-state index is 12.9. The lowest BCUT2D eigenvalue weighted by Crippen LogP contribution is -2.10. The highest BCUT2D eigenvalue weighted by atomic mass is 35.5. The molecule has 1 heterocycles. The number of halogens is 1. The molecule has 0 aliphatic carbocycles. The van der Waals surface area contributed by atoms with Crippen molar-refractivity contribution in [2.75, 3.05) is 0 Å². The minimum absolute atomic E-state index is 0.0546. The first kappa shape index (κ1) is 18.1. The number of hydrogen-bond acceptors (Lipinski definition) is 1. The van der Waals surface area contributed by atoms with Crippen LogP contribution in [-0.2, 0) is 12.8 Å². The summed E-state index contributed by atoms with van der Waals surface area (Å²) in [5.41, 5.74) is 4.70. The van der Waals surface area contributed by atoms with Gasteiger partial charge in [-0.2, -0.15) is 0 Å². The Morgan fingerprint density at radius 1 is 0.893 bits per heavy atom. The van der Waals surface area contributed by atoms with Gasteiger partial charge in [0.15, 0.2) is 5.43 Å². The molecule has 0 radical (unpaired) electrons. The van der Waals surface area contributed by atoms with Crippen LogP contribution in [0.25, 0.3) is 10.9 Å². The van der Waals surface area contributed by atoms with Gasteiger partial charge in [-0.1, -0.05) is 65.9 Å². The van der Waals surface area contributed by atoms with Crippen LogP contribution in [0.15, 0.2) is 83.8 Å². The summed E-state index contributed by atoms with van der Waals surface area (Å²) < 4.78 is 0. The largest absolute Gasteiger partial charge is 0.361 e. The summed E-state index contributed by atoms with van der Waals surface area (Å²) in [6.07, 6.45) is 3.06. The van der Waals surface area contributed by atoms with Crippen molar-refractivity contribution >= 4 is 22.5 Å². The van der Waals surface area contributed by atoms with Gasteiger partial charge in [0.05, 0.1) is 0 Å². The van der Waals surface area contributed by atoms with Crippen molar-refractivity contribution in [3.05, 3.63) is 116 Å². The minimum Gasteiger partial charge on any atom is -0.361 e. The Kier molecular flexibility index (Phi) is 5.28. The Morgan fingerprint density at radius 2 is 1.68 bits per heavy atom. The second-order valence-corrected chi connectivity index (χ2v) is 7.11. The molecule has 0 fully saturated rings. The average Bonchev–Trinajstić information content (AvgIpc) is 2.73. The maximum atomic E-state index is 12.9. The number of pyridine rings is 1. The van der Waals surface area contributed by atoms with Gasteiger partial charge in [-0.3, -0.25) is 4.79 Å². The van der Waals surface area contributed by atoms with E-state index in [2.05, 4.69) is 16.8 Å². The van der Waals surface area contributed by atoms with E-state index in [1.54, 1.807) is 0 Å². The summed E-state index contributed by atoms with van der Waals surface area (Å²) in [6, 6.07) is 23.4. The molecule has 0 saturated carbocycles. The molecule has 3 heteroatoms. The summed E-state index contributed by atoms with van der Waals surface area (Å²) >= 11 is 5.91. The van der Waals surface area contributed by atoms with Crippen molar-refractivity contribution in [1.82, 2.24) is 4.98 Å². The lowest BCUT2D eigenvalue weighted by molar-refractivity contribution is 1.14. The molecule has 136 valence electrons. The molecule has 0 unspecified atom stereocenters. The van der Waals surface area contributed by atoms with E-state index in [1.807, 2.05) is 79.0 Å². The van der Waals surface area contributed by atoms with Gasteiger partial charge in [0.25, 0.3) is 0 Å². The van der Waals surface area contributed by atoms with Crippen LogP contribution in [0.4, 0.5) is 0 Å². The van der Waals surface area contributed by atoms with Gasteiger partial charge in [-0.05, 0) is 41.5 Å². The van der Waals surface area contributed by atoms with Gasteiger partial charge >= 0.3 is 0 Å². The third-order valence-electron chi connectivity index (χ3n) is 4.63. The zero-order valence-corrected chi connectivity index (χ0v) is 16.0. The van der Waals surface area contributed by atoms with E-state index in [-0.39, 0.29) is 5.43 Å². The number of rotatable bonds is 3. The van der Waals surface area contributed by atoms with Crippen LogP contribution < -0.4 is 5.43 Å². The lowest BCUT2D eigenvalue weighted by atomic mass is 10.0. The smallest absolute Gasteiger partial charge is 0.192 e. The van der Waals surface area contributed by atoms with E-state index in [4.69, 9.17) is 11.6 Å². The fourth-order valence-corrected chi connectivity index (χ4v) is 3.26. The van der Waals surface area contributed by atoms with E-state index < -0.39 is 0 Å². The highest BCUT2D eigenvalue weighted by Crippen LogP contribution is 2.13. The van der Waals surface area contributed by atoms with Crippen LogP contribution in [0, 0.1) is 11.8 Å². The Bertz CT molecular complexity index is 1230. The topological polar surface area (TPSA) is 32.9 Å². The van der Waals surface area contributed by atoms with Gasteiger partial charge in [-0.15, -0.1) is 0 Å². The molecule has 2 nitrogen and oxygen atoms in total. The van der Waals surface area contributed by atoms with Crippen molar-refractivity contribution < 1.29 is 0 Å². The van der Waals surface area contributed by atoms with Gasteiger partial charge in [0.1, 0.15) is 0 Å². The van der Waals surface area contributed by atoms with Crippen LogP contribution in [0.3, 0.4) is 0 Å². The number of aromatic amines is 1. The third kappa shape index (κ3) is 4.17. The second-order valence-electron chi connectivity index (χ2n) is 6.67. The van der Waals surface area contributed by atoms with Crippen molar-refractivity contribution in [2.24, 2.45) is 0 Å². The van der Waals surface area contributed by atoms with E-state index in [0.29, 0.717) is 18.2 Å². The molecule has 28 heavy (non-hydrogen) atoms. The molecule has 4 aromatic rings. The predicted molar refractivity (Wildman–Crippen MR) is 116 cm³/mol. The Morgan fingerprint density at radius 3 is 2.46 bits per heavy atom. The van der Waals surface area contributed by atoms with Gasteiger partial charge in [-0.25, -0.2) is 0 Å². The molecule has 0 aliphatic rings. The zero-order valence-electron chi connectivity index (χ0n) is 15.2. The fraction of sp³-hybridized carbons (Fsp3) is 0.0800. The number of nitrogens with one attached hydrogen (secondary N) is 1. The van der Waals surface area contributed by atoms with Gasteiger partial charge in [0.2, 0.25) is 0 Å². The summed E-state index contributed by atoms with van der Waals surface area (Å²) in [6.45, 7) is 0. The minimum atomic E-state index is 0.0546. The summed E-state index contributed by atoms with van der Waals surface area (Å²) in [7, 11) is 0. The van der Waals surface area contributed by atoms with Crippen LogP contribution in [0.2, 0.25) is 5.02 Å². The predicted octanol–water partition coefficient (Wildman–Crippen LogP) is 5.37. The summed E-state index contributed by atoms with van der Waals surface area (Å²) in [4.78, 5) is 16.2. The number of H-pyrrole nitrogens is 1. The van der Waals surface area contributed by atoms with Crippen molar-refractivity contribution in [3.8, 4) is 11.8 Å². The van der Waals surface area contributed by atoms with E-state index >= 15 is 0 Å². The Hall–Kier alpha value is -3.28. The number of hydrogen-bond donors (Lipinski definition) is 1. The van der Waals surface area contributed by atoms with E-state index in [9.17, 15) is 4.79 Å². The number of aromatic nitrogens is 1. The summed E-state index contributed by atoms with van der Waals surface area (Å²) in [5, 5.41) is 1.39. The van der Waals surface area contributed by atoms with E-state index in [1.165, 1.54) is 0 Å². The SMILES string of the molecule is O=c1c(Cc2ccccc2)c[nH]c2ccc(C#CCc3ccc(Cl)cc3)cc12. The molecule has 0 aliphatic heterocycles. The molecule has 0 spiro atoms. The molecule has 1 N–H and O–H groups in total. The standard InChI is InChI=1S/C25H18ClNO/c26-22-12-9-18(10-13-22)7-4-8-20-11-14-24-23(16-20)25(28)21(17-27-24)15-19-5-2-1-3-6-19/h1-3,5-6,9-14,16-17H,7,15H2,(H,27,28). The summed E-state index contributed by atoms with van der Waals surface area (Å²) in [5.74, 6) is 6.33. The average molecular weight is 384 g/mol. The molecular weight excluding hydrogens is 366 g/mol. The molecular formula is C25H18ClNO. The first-order chi connectivity index (χ1) is 13.7. The highest BCUT2D eigenvalue weighted by molar-refractivity contribution is 6.30. The van der Waals surface area contributed by atoms with Gasteiger partial charge < -0.3 is 4.98 Å². The number of benzene rings is 3. The quantitative estimate of drug-likeness (QED) is 0.474. The fourth-order valence-electron chi connectivity index (χ4n) is 3.14. The number of fused-ring (bicyclic) bond motifs is 1. The van der Waals surface area contributed by atoms with Crippen molar-refractivity contribution in [1.29, 1.82) is 0 Å². The van der Waals surface area contributed by atoms with Crippen LogP contribution in [0.1, 0.15) is 22.3 Å². The molecule has 0 amide bonds. The van der Waals surface area contributed by atoms with Crippen LogP contribution in [-0.4, -0.2) is 4.98 Å².